The number of benzene rings is 3. The Labute approximate surface area is 213 Å². The predicted molar refractivity (Wildman–Crippen MR) is 139 cm³/mol. The summed E-state index contributed by atoms with van der Waals surface area (Å²) in [6.07, 6.45) is 0.237. The Balaban J connectivity index is 1.68. The second-order valence-corrected chi connectivity index (χ2v) is 8.92. The summed E-state index contributed by atoms with van der Waals surface area (Å²) in [6.45, 7) is 1.79. The number of ether oxygens (including phenoxy) is 1. The second-order valence-electron chi connectivity index (χ2n) is 8.48. The van der Waals surface area contributed by atoms with Crippen LogP contribution < -0.4 is 15.8 Å². The molecule has 184 valence electrons. The molecule has 4 aromatic rings. The van der Waals surface area contributed by atoms with Gasteiger partial charge < -0.3 is 15.8 Å². The summed E-state index contributed by atoms with van der Waals surface area (Å²) in [6, 6.07) is 20.5. The molecule has 1 unspecified atom stereocenters. The van der Waals surface area contributed by atoms with Gasteiger partial charge in [-0.3, -0.25) is 19.0 Å². The van der Waals surface area contributed by atoms with E-state index in [2.05, 4.69) is 5.32 Å². The SMILES string of the molecule is COc1ccc2c(c1)c(CC(=O)NC(Cc1ccccc1)C(N)=O)c(C)n2C(=O)c1ccc(Cl)cc1. The van der Waals surface area contributed by atoms with Crippen molar-refractivity contribution < 1.29 is 19.1 Å². The number of hydrogen-bond donors (Lipinski definition) is 2. The summed E-state index contributed by atoms with van der Waals surface area (Å²) in [5.74, 6) is -0.644. The standard InChI is InChI=1S/C28H26ClN3O4/c1-17-22(16-26(33)31-24(27(30)34)14-18-6-4-3-5-7-18)23-15-21(36-2)12-13-25(23)32(17)28(35)19-8-10-20(29)11-9-19/h3-13,15,24H,14,16H2,1-2H3,(H2,30,34)(H,31,33). The highest BCUT2D eigenvalue weighted by Crippen LogP contribution is 2.31. The van der Waals surface area contributed by atoms with E-state index < -0.39 is 11.9 Å². The Morgan fingerprint density at radius 1 is 1.03 bits per heavy atom. The van der Waals surface area contributed by atoms with Crippen LogP contribution >= 0.6 is 11.6 Å². The van der Waals surface area contributed by atoms with Gasteiger partial charge in [-0.1, -0.05) is 41.9 Å². The molecular weight excluding hydrogens is 478 g/mol. The highest BCUT2D eigenvalue weighted by Gasteiger charge is 2.24. The van der Waals surface area contributed by atoms with E-state index in [0.29, 0.717) is 38.5 Å². The van der Waals surface area contributed by atoms with Crippen molar-refractivity contribution in [1.82, 2.24) is 9.88 Å². The number of methoxy groups -OCH3 is 1. The van der Waals surface area contributed by atoms with E-state index in [1.807, 2.05) is 30.3 Å². The molecule has 0 bridgehead atoms. The average molecular weight is 504 g/mol. The van der Waals surface area contributed by atoms with Gasteiger partial charge in [0.1, 0.15) is 11.8 Å². The van der Waals surface area contributed by atoms with Crippen LogP contribution in [0.5, 0.6) is 5.75 Å². The monoisotopic (exact) mass is 503 g/mol. The first kappa shape index (κ1) is 25.0. The maximum atomic E-state index is 13.4. The summed E-state index contributed by atoms with van der Waals surface area (Å²) in [5, 5.41) is 4.00. The number of nitrogens with zero attached hydrogens (tertiary/aromatic N) is 1. The van der Waals surface area contributed by atoms with Crippen molar-refractivity contribution in [3.8, 4) is 5.75 Å². The van der Waals surface area contributed by atoms with E-state index >= 15 is 0 Å². The van der Waals surface area contributed by atoms with Crippen LogP contribution in [0.4, 0.5) is 0 Å². The predicted octanol–water partition coefficient (Wildman–Crippen LogP) is 4.06. The Morgan fingerprint density at radius 2 is 1.72 bits per heavy atom. The molecule has 0 aliphatic carbocycles. The zero-order valence-corrected chi connectivity index (χ0v) is 20.7. The minimum absolute atomic E-state index is 0.0467. The van der Waals surface area contributed by atoms with Gasteiger partial charge in [-0.05, 0) is 60.5 Å². The lowest BCUT2D eigenvalue weighted by atomic mass is 10.0. The van der Waals surface area contributed by atoms with Crippen molar-refractivity contribution >= 4 is 40.2 Å². The smallest absolute Gasteiger partial charge is 0.262 e. The van der Waals surface area contributed by atoms with Gasteiger partial charge >= 0.3 is 0 Å². The van der Waals surface area contributed by atoms with Crippen molar-refractivity contribution in [3.05, 3.63) is 100 Å². The Hall–Kier alpha value is -4.10. The largest absolute Gasteiger partial charge is 0.497 e. The van der Waals surface area contributed by atoms with Crippen molar-refractivity contribution in [2.45, 2.75) is 25.8 Å². The molecule has 2 amide bonds. The van der Waals surface area contributed by atoms with Crippen LogP contribution in [0.25, 0.3) is 10.9 Å². The summed E-state index contributed by atoms with van der Waals surface area (Å²) >= 11 is 5.99. The molecule has 3 N–H and O–H groups in total. The number of carbonyl (C=O) groups excluding carboxylic acids is 3. The lowest BCUT2D eigenvalue weighted by Crippen LogP contribution is -2.46. The number of aromatic nitrogens is 1. The number of amides is 2. The van der Waals surface area contributed by atoms with Gasteiger partial charge in [0.15, 0.2) is 0 Å². The van der Waals surface area contributed by atoms with Gasteiger partial charge in [0.25, 0.3) is 5.91 Å². The van der Waals surface area contributed by atoms with Crippen molar-refractivity contribution in [1.29, 1.82) is 0 Å². The topological polar surface area (TPSA) is 103 Å². The van der Waals surface area contributed by atoms with Gasteiger partial charge in [0.2, 0.25) is 11.8 Å². The van der Waals surface area contributed by atoms with E-state index in [1.54, 1.807) is 61.1 Å². The minimum atomic E-state index is -0.862. The third kappa shape index (κ3) is 5.26. The van der Waals surface area contributed by atoms with E-state index in [4.69, 9.17) is 22.1 Å². The number of nitrogens with one attached hydrogen (secondary N) is 1. The Morgan fingerprint density at radius 3 is 2.36 bits per heavy atom. The molecule has 0 radical (unpaired) electrons. The molecule has 0 spiro atoms. The van der Waals surface area contributed by atoms with E-state index in [0.717, 1.165) is 5.56 Å². The normalized spacial score (nSPS) is 11.8. The lowest BCUT2D eigenvalue weighted by molar-refractivity contribution is -0.126. The zero-order chi connectivity index (χ0) is 25.8. The minimum Gasteiger partial charge on any atom is -0.497 e. The van der Waals surface area contributed by atoms with Gasteiger partial charge in [-0.25, -0.2) is 0 Å². The molecule has 0 aliphatic rings. The van der Waals surface area contributed by atoms with Gasteiger partial charge in [-0.15, -0.1) is 0 Å². The average Bonchev–Trinajstić information content (AvgIpc) is 3.14. The van der Waals surface area contributed by atoms with Crippen LogP contribution in [0.15, 0.2) is 72.8 Å². The van der Waals surface area contributed by atoms with E-state index in [9.17, 15) is 14.4 Å². The van der Waals surface area contributed by atoms with Gasteiger partial charge in [0, 0.05) is 28.1 Å². The fraction of sp³-hybridized carbons (Fsp3) is 0.179. The summed E-state index contributed by atoms with van der Waals surface area (Å²) in [7, 11) is 1.55. The quantitative estimate of drug-likeness (QED) is 0.378. The van der Waals surface area contributed by atoms with Crippen LogP contribution in [-0.2, 0) is 22.4 Å². The van der Waals surface area contributed by atoms with E-state index in [1.165, 1.54) is 0 Å². The Bertz CT molecular complexity index is 1430. The molecule has 0 saturated carbocycles. The number of primary amides is 1. The number of hydrogen-bond acceptors (Lipinski definition) is 4. The van der Waals surface area contributed by atoms with Crippen LogP contribution in [0, 0.1) is 6.92 Å². The van der Waals surface area contributed by atoms with Crippen molar-refractivity contribution in [2.24, 2.45) is 5.73 Å². The van der Waals surface area contributed by atoms with Crippen LogP contribution in [0.2, 0.25) is 5.02 Å². The number of fused-ring (bicyclic) bond motifs is 1. The molecule has 1 heterocycles. The maximum Gasteiger partial charge on any atom is 0.262 e. The summed E-state index contributed by atoms with van der Waals surface area (Å²) in [4.78, 5) is 38.6. The molecule has 3 aromatic carbocycles. The fourth-order valence-corrected chi connectivity index (χ4v) is 4.40. The van der Waals surface area contributed by atoms with Crippen LogP contribution in [-0.4, -0.2) is 35.4 Å². The summed E-state index contributed by atoms with van der Waals surface area (Å²) in [5.41, 5.74) is 8.84. The first-order chi connectivity index (χ1) is 17.3. The molecule has 0 aliphatic heterocycles. The molecule has 8 heteroatoms. The molecular formula is C28H26ClN3O4. The second kappa shape index (κ2) is 10.7. The maximum absolute atomic E-state index is 13.4. The molecule has 36 heavy (non-hydrogen) atoms. The van der Waals surface area contributed by atoms with Crippen molar-refractivity contribution in [2.75, 3.05) is 7.11 Å². The molecule has 1 aromatic heterocycles. The molecule has 1 atom stereocenters. The number of nitrogens with two attached hydrogens (primary N) is 1. The number of rotatable bonds is 8. The molecule has 0 saturated heterocycles. The molecule has 0 fully saturated rings. The Kier molecular flexibility index (Phi) is 7.41. The first-order valence-corrected chi connectivity index (χ1v) is 11.8. The highest BCUT2D eigenvalue weighted by atomic mass is 35.5. The zero-order valence-electron chi connectivity index (χ0n) is 20.0. The van der Waals surface area contributed by atoms with Gasteiger partial charge in [-0.2, -0.15) is 0 Å². The third-order valence-electron chi connectivity index (χ3n) is 6.13. The number of halogens is 1. The molecule has 4 rings (SSSR count). The highest BCUT2D eigenvalue weighted by molar-refractivity contribution is 6.30. The number of carbonyl (C=O) groups is 3. The molecule has 7 nitrogen and oxygen atoms in total. The van der Waals surface area contributed by atoms with Gasteiger partial charge in [0.05, 0.1) is 19.0 Å². The summed E-state index contributed by atoms with van der Waals surface area (Å²) < 4.78 is 6.96. The third-order valence-corrected chi connectivity index (χ3v) is 6.39. The van der Waals surface area contributed by atoms with Crippen LogP contribution in [0.1, 0.15) is 27.2 Å². The van der Waals surface area contributed by atoms with Crippen LogP contribution in [0.3, 0.4) is 0 Å². The first-order valence-electron chi connectivity index (χ1n) is 11.4. The van der Waals surface area contributed by atoms with E-state index in [-0.39, 0.29) is 24.7 Å². The lowest BCUT2D eigenvalue weighted by Gasteiger charge is -2.16. The van der Waals surface area contributed by atoms with Crippen molar-refractivity contribution in [3.63, 3.8) is 0 Å². The fourth-order valence-electron chi connectivity index (χ4n) is 4.27.